The molecule has 0 unspecified atom stereocenters. The molecule has 3 nitrogen and oxygen atoms in total. The molecule has 1 saturated carbocycles. The second-order valence-electron chi connectivity index (χ2n) is 4.42. The Morgan fingerprint density at radius 3 is 2.64 bits per heavy atom. The minimum absolute atomic E-state index is 0.200. The Balaban J connectivity index is 1.82. The van der Waals surface area contributed by atoms with Crippen molar-refractivity contribution in [2.24, 2.45) is 0 Å². The van der Waals surface area contributed by atoms with Gasteiger partial charge in [-0.25, -0.2) is 0 Å². The van der Waals surface area contributed by atoms with Crippen molar-refractivity contribution in [3.63, 3.8) is 0 Å². The Kier molecular flexibility index (Phi) is 2.59. The molecule has 0 bridgehead atoms. The number of ketones is 1. The van der Waals surface area contributed by atoms with E-state index in [0.717, 1.165) is 37.8 Å². The first-order chi connectivity index (χ1) is 6.68. The Labute approximate surface area is 84.2 Å². The smallest absolute Gasteiger partial charge is 0.157 e. The maximum atomic E-state index is 11.0. The first-order valence-electron chi connectivity index (χ1n) is 5.38. The minimum atomic E-state index is -0.521. The van der Waals surface area contributed by atoms with Gasteiger partial charge in [0.15, 0.2) is 5.78 Å². The van der Waals surface area contributed by atoms with Crippen molar-refractivity contribution in [1.82, 2.24) is 5.32 Å². The van der Waals surface area contributed by atoms with Crippen molar-refractivity contribution in [3.05, 3.63) is 11.8 Å². The fourth-order valence-corrected chi connectivity index (χ4v) is 2.22. The third-order valence-corrected chi connectivity index (χ3v) is 3.15. The molecule has 2 N–H and O–H groups in total. The van der Waals surface area contributed by atoms with Crippen molar-refractivity contribution < 1.29 is 9.90 Å². The molecule has 0 heterocycles. The Bertz CT molecular complexity index is 264. The fourth-order valence-electron chi connectivity index (χ4n) is 2.22. The lowest BCUT2D eigenvalue weighted by Gasteiger charge is -2.23. The molecule has 0 spiro atoms. The summed E-state index contributed by atoms with van der Waals surface area (Å²) in [4.78, 5) is 11.0. The van der Waals surface area contributed by atoms with Gasteiger partial charge in [-0.15, -0.1) is 0 Å². The van der Waals surface area contributed by atoms with Gasteiger partial charge in [0.25, 0.3) is 0 Å². The van der Waals surface area contributed by atoms with E-state index < -0.39 is 5.60 Å². The van der Waals surface area contributed by atoms with E-state index >= 15 is 0 Å². The zero-order valence-electron chi connectivity index (χ0n) is 8.38. The molecule has 1 fully saturated rings. The molecule has 0 aliphatic heterocycles. The summed E-state index contributed by atoms with van der Waals surface area (Å²) in [6.45, 7) is 0.603. The fraction of sp³-hybridized carbons (Fsp3) is 0.727. The van der Waals surface area contributed by atoms with Crippen LogP contribution in [0.4, 0.5) is 0 Å². The predicted octanol–water partition coefficient (Wildman–Crippen LogP) is 1.13. The summed E-state index contributed by atoms with van der Waals surface area (Å²) in [5.41, 5.74) is 0.474. The molecule has 0 aromatic carbocycles. The van der Waals surface area contributed by atoms with E-state index in [1.54, 1.807) is 6.08 Å². The summed E-state index contributed by atoms with van der Waals surface area (Å²) < 4.78 is 0. The van der Waals surface area contributed by atoms with E-state index in [1.807, 2.05) is 0 Å². The number of rotatable bonds is 3. The number of aliphatic hydroxyl groups is 1. The molecular weight excluding hydrogens is 178 g/mol. The predicted molar refractivity (Wildman–Crippen MR) is 53.7 cm³/mol. The summed E-state index contributed by atoms with van der Waals surface area (Å²) in [6.07, 6.45) is 7.13. The normalized spacial score (nSPS) is 25.2. The van der Waals surface area contributed by atoms with E-state index in [1.165, 1.54) is 0 Å². The Morgan fingerprint density at radius 2 is 2.07 bits per heavy atom. The van der Waals surface area contributed by atoms with Gasteiger partial charge in [-0.2, -0.15) is 0 Å². The molecule has 3 heteroatoms. The van der Waals surface area contributed by atoms with Gasteiger partial charge < -0.3 is 10.4 Å². The molecule has 0 amide bonds. The monoisotopic (exact) mass is 195 g/mol. The standard InChI is InChI=1S/C11H17NO2/c13-10-4-3-9(7-10)12-8-11(14)5-1-2-6-11/h7,12,14H,1-6,8H2. The average Bonchev–Trinajstić information content (AvgIpc) is 2.73. The summed E-state index contributed by atoms with van der Waals surface area (Å²) in [5.74, 6) is 0.200. The van der Waals surface area contributed by atoms with Gasteiger partial charge in [-0.3, -0.25) is 4.79 Å². The molecule has 78 valence electrons. The third kappa shape index (κ3) is 2.15. The number of allylic oxidation sites excluding steroid dienone is 2. The van der Waals surface area contributed by atoms with Crippen LogP contribution in [0.1, 0.15) is 38.5 Å². The van der Waals surface area contributed by atoms with Gasteiger partial charge >= 0.3 is 0 Å². The van der Waals surface area contributed by atoms with Gasteiger partial charge in [0, 0.05) is 24.7 Å². The third-order valence-electron chi connectivity index (χ3n) is 3.15. The van der Waals surface area contributed by atoms with Crippen LogP contribution in [0, 0.1) is 0 Å². The highest BCUT2D eigenvalue weighted by Gasteiger charge is 2.31. The van der Waals surface area contributed by atoms with E-state index in [0.29, 0.717) is 13.0 Å². The molecule has 14 heavy (non-hydrogen) atoms. The second-order valence-corrected chi connectivity index (χ2v) is 4.42. The van der Waals surface area contributed by atoms with E-state index in [-0.39, 0.29) is 5.78 Å². The van der Waals surface area contributed by atoms with Crippen molar-refractivity contribution >= 4 is 5.78 Å². The number of nitrogens with one attached hydrogen (secondary N) is 1. The summed E-state index contributed by atoms with van der Waals surface area (Å²) in [6, 6.07) is 0. The van der Waals surface area contributed by atoms with E-state index in [4.69, 9.17) is 0 Å². The number of carbonyl (C=O) groups is 1. The number of carbonyl (C=O) groups excluding carboxylic acids is 1. The van der Waals surface area contributed by atoms with Gasteiger partial charge in [0.2, 0.25) is 0 Å². The molecule has 0 radical (unpaired) electrons. The zero-order valence-corrected chi connectivity index (χ0v) is 8.38. The first kappa shape index (κ1) is 9.71. The summed E-state index contributed by atoms with van der Waals surface area (Å²) in [7, 11) is 0. The average molecular weight is 195 g/mol. The topological polar surface area (TPSA) is 49.3 Å². The van der Waals surface area contributed by atoms with Gasteiger partial charge in [0.05, 0.1) is 5.60 Å². The summed E-state index contributed by atoms with van der Waals surface area (Å²) >= 11 is 0. The van der Waals surface area contributed by atoms with E-state index in [2.05, 4.69) is 5.32 Å². The zero-order chi connectivity index (χ0) is 10.0. The molecule has 0 atom stereocenters. The molecule has 2 aliphatic rings. The second kappa shape index (κ2) is 3.73. The molecular formula is C11H17NO2. The summed E-state index contributed by atoms with van der Waals surface area (Å²) in [5, 5.41) is 13.2. The largest absolute Gasteiger partial charge is 0.388 e. The van der Waals surface area contributed by atoms with Gasteiger partial charge in [-0.05, 0) is 19.3 Å². The van der Waals surface area contributed by atoms with Crippen LogP contribution in [0.5, 0.6) is 0 Å². The molecule has 0 saturated heterocycles. The van der Waals surface area contributed by atoms with Crippen molar-refractivity contribution in [2.45, 2.75) is 44.1 Å². The van der Waals surface area contributed by atoms with Crippen LogP contribution in [0.3, 0.4) is 0 Å². The minimum Gasteiger partial charge on any atom is -0.388 e. The highest BCUT2D eigenvalue weighted by molar-refractivity contribution is 5.92. The number of hydrogen-bond donors (Lipinski definition) is 2. The SMILES string of the molecule is O=C1C=C(NCC2(O)CCCC2)CC1. The van der Waals surface area contributed by atoms with Crippen LogP contribution >= 0.6 is 0 Å². The van der Waals surface area contributed by atoms with Crippen LogP contribution in [0.2, 0.25) is 0 Å². The van der Waals surface area contributed by atoms with Gasteiger partial charge in [-0.1, -0.05) is 12.8 Å². The highest BCUT2D eigenvalue weighted by atomic mass is 16.3. The van der Waals surface area contributed by atoms with Crippen LogP contribution in [0.15, 0.2) is 11.8 Å². The van der Waals surface area contributed by atoms with Gasteiger partial charge in [0.1, 0.15) is 0 Å². The number of hydrogen-bond acceptors (Lipinski definition) is 3. The van der Waals surface area contributed by atoms with E-state index in [9.17, 15) is 9.90 Å². The highest BCUT2D eigenvalue weighted by Crippen LogP contribution is 2.29. The van der Waals surface area contributed by atoms with Crippen LogP contribution in [0.25, 0.3) is 0 Å². The Hall–Kier alpha value is -0.830. The lowest BCUT2D eigenvalue weighted by Crippen LogP contribution is -2.37. The molecule has 0 aromatic heterocycles. The maximum absolute atomic E-state index is 11.0. The van der Waals surface area contributed by atoms with Crippen molar-refractivity contribution in [2.75, 3.05) is 6.54 Å². The van der Waals surface area contributed by atoms with Crippen LogP contribution < -0.4 is 5.32 Å². The first-order valence-corrected chi connectivity index (χ1v) is 5.38. The van der Waals surface area contributed by atoms with Crippen molar-refractivity contribution in [3.8, 4) is 0 Å². The lowest BCUT2D eigenvalue weighted by molar-refractivity contribution is -0.114. The van der Waals surface area contributed by atoms with Crippen molar-refractivity contribution in [1.29, 1.82) is 0 Å². The quantitative estimate of drug-likeness (QED) is 0.709. The maximum Gasteiger partial charge on any atom is 0.157 e. The lowest BCUT2D eigenvalue weighted by atomic mass is 10.0. The van der Waals surface area contributed by atoms with Crippen LogP contribution in [-0.2, 0) is 4.79 Å². The Morgan fingerprint density at radius 1 is 1.36 bits per heavy atom. The molecule has 2 rings (SSSR count). The molecule has 2 aliphatic carbocycles. The molecule has 0 aromatic rings. The van der Waals surface area contributed by atoms with Crippen LogP contribution in [-0.4, -0.2) is 23.0 Å².